The highest BCUT2D eigenvalue weighted by molar-refractivity contribution is 6.61. The van der Waals surface area contributed by atoms with Crippen LogP contribution in [0.25, 0.3) is 0 Å². The number of nitrogens with zero attached hydrogens (tertiary/aromatic N) is 1. The van der Waals surface area contributed by atoms with Crippen molar-refractivity contribution in [1.29, 1.82) is 0 Å². The summed E-state index contributed by atoms with van der Waals surface area (Å²) >= 11 is 0. The molecule has 0 amide bonds. The number of hydrogen-bond acceptors (Lipinski definition) is 4. The molecular formula is C14H19BFNO3. The second kappa shape index (κ2) is 4.03. The van der Waals surface area contributed by atoms with Crippen LogP contribution >= 0.6 is 0 Å². The third-order valence-corrected chi connectivity index (χ3v) is 4.53. The molecule has 2 aliphatic rings. The molecule has 0 aromatic carbocycles. The van der Waals surface area contributed by atoms with Crippen molar-refractivity contribution < 1.29 is 18.8 Å². The van der Waals surface area contributed by atoms with Gasteiger partial charge < -0.3 is 14.4 Å². The molecule has 2 fully saturated rings. The first kappa shape index (κ1) is 14.0. The van der Waals surface area contributed by atoms with Crippen molar-refractivity contribution in [3.8, 4) is 0 Å². The molecule has 1 aromatic heterocycles. The highest BCUT2D eigenvalue weighted by Gasteiger charge is 2.53. The van der Waals surface area contributed by atoms with Gasteiger partial charge in [0.05, 0.1) is 16.8 Å². The van der Waals surface area contributed by atoms with Gasteiger partial charge in [0.1, 0.15) is 17.1 Å². The minimum absolute atomic E-state index is 0.102. The quantitative estimate of drug-likeness (QED) is 0.834. The maximum Gasteiger partial charge on any atom is 0.514 e. The Bertz CT molecular complexity index is 541. The first-order valence-electron chi connectivity index (χ1n) is 6.90. The van der Waals surface area contributed by atoms with E-state index in [0.717, 1.165) is 0 Å². The van der Waals surface area contributed by atoms with Crippen LogP contribution in [-0.4, -0.2) is 28.4 Å². The number of pyridine rings is 1. The minimum Gasteiger partial charge on any atom is -0.398 e. The first-order chi connectivity index (χ1) is 9.15. The summed E-state index contributed by atoms with van der Waals surface area (Å²) in [7, 11) is -0.637. The summed E-state index contributed by atoms with van der Waals surface area (Å²) in [4.78, 5) is 4.24. The van der Waals surface area contributed by atoms with Crippen LogP contribution in [0.1, 0.15) is 46.2 Å². The van der Waals surface area contributed by atoms with Gasteiger partial charge in [0.2, 0.25) is 0 Å². The number of aromatic nitrogens is 1. The van der Waals surface area contributed by atoms with Gasteiger partial charge in [-0.25, -0.2) is 4.39 Å². The van der Waals surface area contributed by atoms with E-state index >= 15 is 0 Å². The monoisotopic (exact) mass is 279 g/mol. The van der Waals surface area contributed by atoms with Gasteiger partial charge in [0.25, 0.3) is 0 Å². The fourth-order valence-corrected chi connectivity index (χ4v) is 2.23. The molecule has 0 radical (unpaired) electrons. The number of rotatable bonds is 2. The Morgan fingerprint density at radius 1 is 1.15 bits per heavy atom. The largest absolute Gasteiger partial charge is 0.514 e. The number of halogens is 1. The molecule has 0 unspecified atom stereocenters. The number of hydrogen-bond donors (Lipinski definition) is 1. The molecule has 20 heavy (non-hydrogen) atoms. The molecule has 3 rings (SSSR count). The third-order valence-electron chi connectivity index (χ3n) is 4.53. The Morgan fingerprint density at radius 3 is 2.20 bits per heavy atom. The van der Waals surface area contributed by atoms with Crippen molar-refractivity contribution in [2.24, 2.45) is 0 Å². The fraction of sp³-hybridized carbons (Fsp3) is 0.643. The van der Waals surface area contributed by atoms with Gasteiger partial charge >= 0.3 is 7.12 Å². The minimum atomic E-state index is -1.11. The van der Waals surface area contributed by atoms with E-state index in [0.29, 0.717) is 18.4 Å². The van der Waals surface area contributed by atoms with Gasteiger partial charge in [-0.3, -0.25) is 4.98 Å². The Kier molecular flexibility index (Phi) is 2.81. The van der Waals surface area contributed by atoms with Crippen LogP contribution in [0.3, 0.4) is 0 Å². The van der Waals surface area contributed by atoms with Crippen LogP contribution < -0.4 is 5.59 Å². The Morgan fingerprint density at radius 2 is 1.70 bits per heavy atom. The van der Waals surface area contributed by atoms with Crippen LogP contribution in [0.2, 0.25) is 0 Å². The molecule has 6 heteroatoms. The molecular weight excluding hydrogens is 260 g/mol. The smallest absolute Gasteiger partial charge is 0.398 e. The third kappa shape index (κ3) is 2.06. The van der Waals surface area contributed by atoms with E-state index in [1.807, 2.05) is 27.7 Å². The molecule has 4 nitrogen and oxygen atoms in total. The molecule has 1 saturated carbocycles. The van der Waals surface area contributed by atoms with Gasteiger partial charge in [-0.05, 0) is 52.7 Å². The maximum absolute atomic E-state index is 13.8. The zero-order valence-corrected chi connectivity index (χ0v) is 12.2. The Balaban J connectivity index is 1.93. The maximum atomic E-state index is 13.8. The van der Waals surface area contributed by atoms with E-state index in [2.05, 4.69) is 4.98 Å². The van der Waals surface area contributed by atoms with Crippen LogP contribution in [0.4, 0.5) is 4.39 Å². The molecule has 2 heterocycles. The second-order valence-electron chi connectivity index (χ2n) is 6.69. The average Bonchev–Trinajstić information content (AvgIpc) is 3.02. The number of aliphatic hydroxyl groups is 1. The van der Waals surface area contributed by atoms with Crippen LogP contribution in [0.5, 0.6) is 0 Å². The summed E-state index contributed by atoms with van der Waals surface area (Å²) in [6.07, 6.45) is 1.09. The topological polar surface area (TPSA) is 51.6 Å². The SMILES string of the molecule is CC1(C)OB(c2ccc(F)c(C3(O)CC3)n2)OC1(C)C. The lowest BCUT2D eigenvalue weighted by atomic mass is 9.84. The van der Waals surface area contributed by atoms with Gasteiger partial charge in [-0.2, -0.15) is 0 Å². The predicted molar refractivity (Wildman–Crippen MR) is 73.0 cm³/mol. The average molecular weight is 279 g/mol. The van der Waals surface area contributed by atoms with E-state index in [-0.39, 0.29) is 5.69 Å². The highest BCUT2D eigenvalue weighted by atomic mass is 19.1. The predicted octanol–water partition coefficient (Wildman–Crippen LogP) is 1.50. The van der Waals surface area contributed by atoms with Crippen molar-refractivity contribution in [2.75, 3.05) is 0 Å². The fourth-order valence-electron chi connectivity index (χ4n) is 2.23. The zero-order valence-electron chi connectivity index (χ0n) is 12.2. The summed E-state index contributed by atoms with van der Waals surface area (Å²) < 4.78 is 25.6. The molecule has 0 bridgehead atoms. The summed E-state index contributed by atoms with van der Waals surface area (Å²) in [5, 5.41) is 10.1. The lowest BCUT2D eigenvalue weighted by Crippen LogP contribution is -2.41. The lowest BCUT2D eigenvalue weighted by Gasteiger charge is -2.32. The molecule has 1 aliphatic carbocycles. The van der Waals surface area contributed by atoms with E-state index in [1.54, 1.807) is 6.07 Å². The normalized spacial score (nSPS) is 25.8. The Hall–Kier alpha value is -0.975. The van der Waals surface area contributed by atoms with Gasteiger partial charge in [-0.1, -0.05) is 0 Å². The van der Waals surface area contributed by atoms with Gasteiger partial charge in [-0.15, -0.1) is 0 Å². The zero-order chi connectivity index (χ0) is 14.8. The standard InChI is InChI=1S/C14H19BFNO3/c1-12(2)13(3,4)20-15(19-12)10-6-5-9(16)11(17-10)14(18)7-8-14/h5-6,18H,7-8H2,1-4H3. The summed E-state index contributed by atoms with van der Waals surface area (Å²) in [5.74, 6) is -0.481. The van der Waals surface area contributed by atoms with Gasteiger partial charge in [0, 0.05) is 0 Å². The van der Waals surface area contributed by atoms with Crippen molar-refractivity contribution in [3.63, 3.8) is 0 Å². The van der Waals surface area contributed by atoms with Crippen molar-refractivity contribution in [2.45, 2.75) is 57.3 Å². The molecule has 1 aliphatic heterocycles. The van der Waals surface area contributed by atoms with E-state index < -0.39 is 29.7 Å². The molecule has 1 aromatic rings. The molecule has 1 saturated heterocycles. The highest BCUT2D eigenvalue weighted by Crippen LogP contribution is 2.45. The Labute approximate surface area is 118 Å². The molecule has 0 spiro atoms. The summed E-state index contributed by atoms with van der Waals surface area (Å²) in [6.45, 7) is 7.80. The van der Waals surface area contributed by atoms with E-state index in [9.17, 15) is 9.50 Å². The van der Waals surface area contributed by atoms with E-state index in [4.69, 9.17) is 9.31 Å². The van der Waals surface area contributed by atoms with Crippen LogP contribution in [0.15, 0.2) is 12.1 Å². The molecule has 108 valence electrons. The van der Waals surface area contributed by atoms with E-state index in [1.165, 1.54) is 6.07 Å². The summed E-state index contributed by atoms with van der Waals surface area (Å²) in [6, 6.07) is 2.87. The second-order valence-corrected chi connectivity index (χ2v) is 6.69. The van der Waals surface area contributed by atoms with Crippen molar-refractivity contribution in [1.82, 2.24) is 4.98 Å². The molecule has 0 atom stereocenters. The van der Waals surface area contributed by atoms with Crippen LogP contribution in [0, 0.1) is 5.82 Å². The van der Waals surface area contributed by atoms with Gasteiger partial charge in [0.15, 0.2) is 0 Å². The van der Waals surface area contributed by atoms with Crippen LogP contribution in [-0.2, 0) is 14.9 Å². The molecule has 1 N–H and O–H groups in total. The summed E-state index contributed by atoms with van der Waals surface area (Å²) in [5.41, 5.74) is -1.44. The van der Waals surface area contributed by atoms with Crippen molar-refractivity contribution >= 4 is 12.7 Å². The lowest BCUT2D eigenvalue weighted by molar-refractivity contribution is 0.00578. The first-order valence-corrected chi connectivity index (χ1v) is 6.90. The van der Waals surface area contributed by atoms with Crippen molar-refractivity contribution in [3.05, 3.63) is 23.6 Å².